The summed E-state index contributed by atoms with van der Waals surface area (Å²) in [4.78, 5) is 11.3. The number of morpholine rings is 1. The number of aryl methyl sites for hydroxylation is 1. The zero-order valence-corrected chi connectivity index (χ0v) is 17.6. The van der Waals surface area contributed by atoms with Gasteiger partial charge in [0.05, 0.1) is 19.3 Å². The fourth-order valence-corrected chi connectivity index (χ4v) is 3.76. The number of ether oxygens (including phenoxy) is 1. The zero-order valence-electron chi connectivity index (χ0n) is 17.6. The highest BCUT2D eigenvalue weighted by atomic mass is 16.5. The molecular formula is C22H29N7O. The minimum atomic E-state index is 0.00997. The number of rotatable bonds is 6. The predicted octanol–water partition coefficient (Wildman–Crippen LogP) is 1.86. The molecule has 1 saturated heterocycles. The average Bonchev–Trinajstić information content (AvgIpc) is 3.41. The van der Waals surface area contributed by atoms with Crippen molar-refractivity contribution in [2.45, 2.75) is 19.1 Å². The monoisotopic (exact) mass is 407 g/mol. The molecule has 1 aliphatic heterocycles. The van der Waals surface area contributed by atoms with Crippen LogP contribution in [0.15, 0.2) is 60.1 Å². The molecule has 8 heteroatoms. The van der Waals surface area contributed by atoms with Crippen LogP contribution in [-0.4, -0.2) is 63.5 Å². The molecular weight excluding hydrogens is 378 g/mol. The molecule has 0 bridgehead atoms. The Morgan fingerprint density at radius 1 is 1.30 bits per heavy atom. The standard InChI is InChI=1S/C22H29N7O/c1-23-22(29-12-13-30-20(17-29)19-14-26-27(2)16-19)25-9-8-21-24-10-11-28(21)15-18-6-4-3-5-7-18/h3-7,10-11,14,16,20H,8-9,12-13,15,17H2,1-2H3,(H,23,25). The third kappa shape index (κ3) is 4.88. The highest BCUT2D eigenvalue weighted by molar-refractivity contribution is 5.80. The lowest BCUT2D eigenvalue weighted by atomic mass is 10.1. The number of hydrogen-bond donors (Lipinski definition) is 1. The van der Waals surface area contributed by atoms with Gasteiger partial charge in [0.1, 0.15) is 11.9 Å². The largest absolute Gasteiger partial charge is 0.370 e. The number of aliphatic imine (C=N–C) groups is 1. The van der Waals surface area contributed by atoms with E-state index in [9.17, 15) is 0 Å². The quantitative estimate of drug-likeness (QED) is 0.499. The third-order valence-corrected chi connectivity index (χ3v) is 5.30. The maximum absolute atomic E-state index is 5.95. The molecule has 1 atom stereocenters. The average molecular weight is 408 g/mol. The first-order valence-corrected chi connectivity index (χ1v) is 10.3. The van der Waals surface area contributed by atoms with E-state index in [1.54, 1.807) is 0 Å². The summed E-state index contributed by atoms with van der Waals surface area (Å²) in [6, 6.07) is 10.5. The number of benzene rings is 1. The topological polar surface area (TPSA) is 72.5 Å². The summed E-state index contributed by atoms with van der Waals surface area (Å²) in [7, 11) is 3.75. The second kappa shape index (κ2) is 9.58. The van der Waals surface area contributed by atoms with Crippen LogP contribution in [0.2, 0.25) is 0 Å². The summed E-state index contributed by atoms with van der Waals surface area (Å²) in [5, 5.41) is 7.75. The molecule has 8 nitrogen and oxygen atoms in total. The Balaban J connectivity index is 1.32. The summed E-state index contributed by atoms with van der Waals surface area (Å²) < 4.78 is 9.96. The van der Waals surface area contributed by atoms with Crippen LogP contribution < -0.4 is 5.32 Å². The van der Waals surface area contributed by atoms with Crippen LogP contribution in [0.5, 0.6) is 0 Å². The van der Waals surface area contributed by atoms with E-state index in [1.807, 2.05) is 49.6 Å². The Morgan fingerprint density at radius 2 is 2.17 bits per heavy atom. The molecule has 2 aromatic heterocycles. The summed E-state index contributed by atoms with van der Waals surface area (Å²) in [6.45, 7) is 3.85. The van der Waals surface area contributed by atoms with E-state index in [0.29, 0.717) is 6.61 Å². The van der Waals surface area contributed by atoms with Gasteiger partial charge in [-0.15, -0.1) is 0 Å². The number of nitrogens with one attached hydrogen (secondary N) is 1. The van der Waals surface area contributed by atoms with Crippen LogP contribution in [0.4, 0.5) is 0 Å². The molecule has 1 fully saturated rings. The molecule has 1 aliphatic rings. The maximum Gasteiger partial charge on any atom is 0.193 e. The van der Waals surface area contributed by atoms with Gasteiger partial charge in [-0.05, 0) is 5.56 Å². The van der Waals surface area contributed by atoms with Gasteiger partial charge in [0.15, 0.2) is 5.96 Å². The molecule has 0 aliphatic carbocycles. The molecule has 3 heterocycles. The normalized spacial score (nSPS) is 17.3. The van der Waals surface area contributed by atoms with Crippen LogP contribution in [-0.2, 0) is 24.8 Å². The number of nitrogens with zero attached hydrogens (tertiary/aromatic N) is 6. The Kier molecular flexibility index (Phi) is 6.44. The van der Waals surface area contributed by atoms with Crippen molar-refractivity contribution in [2.75, 3.05) is 33.3 Å². The summed E-state index contributed by atoms with van der Waals surface area (Å²) >= 11 is 0. The van der Waals surface area contributed by atoms with Gasteiger partial charge in [0.2, 0.25) is 0 Å². The lowest BCUT2D eigenvalue weighted by Gasteiger charge is -2.34. The fourth-order valence-electron chi connectivity index (χ4n) is 3.76. The van der Waals surface area contributed by atoms with E-state index in [2.05, 4.69) is 54.1 Å². The highest BCUT2D eigenvalue weighted by Gasteiger charge is 2.25. The Labute approximate surface area is 177 Å². The van der Waals surface area contributed by atoms with Crippen molar-refractivity contribution in [2.24, 2.45) is 12.0 Å². The number of aromatic nitrogens is 4. The lowest BCUT2D eigenvalue weighted by molar-refractivity contribution is -0.00801. The van der Waals surface area contributed by atoms with Gasteiger partial charge in [0, 0.05) is 64.3 Å². The summed E-state index contributed by atoms with van der Waals surface area (Å²) in [5.41, 5.74) is 2.37. The first kappa shape index (κ1) is 20.2. The van der Waals surface area contributed by atoms with Gasteiger partial charge >= 0.3 is 0 Å². The van der Waals surface area contributed by atoms with Gasteiger partial charge in [-0.3, -0.25) is 9.67 Å². The molecule has 30 heavy (non-hydrogen) atoms. The number of imidazole rings is 1. The Morgan fingerprint density at radius 3 is 2.93 bits per heavy atom. The first-order chi connectivity index (χ1) is 14.7. The van der Waals surface area contributed by atoms with Crippen LogP contribution >= 0.6 is 0 Å². The van der Waals surface area contributed by atoms with E-state index in [1.165, 1.54) is 5.56 Å². The lowest BCUT2D eigenvalue weighted by Crippen LogP contribution is -2.48. The number of guanidine groups is 1. The Bertz CT molecular complexity index is 963. The van der Waals surface area contributed by atoms with Gasteiger partial charge in [-0.2, -0.15) is 5.10 Å². The first-order valence-electron chi connectivity index (χ1n) is 10.3. The Hall–Kier alpha value is -3.13. The van der Waals surface area contributed by atoms with Crippen LogP contribution in [0, 0.1) is 0 Å². The third-order valence-electron chi connectivity index (χ3n) is 5.30. The van der Waals surface area contributed by atoms with Crippen molar-refractivity contribution in [3.8, 4) is 0 Å². The molecule has 0 spiro atoms. The highest BCUT2D eigenvalue weighted by Crippen LogP contribution is 2.21. The van der Waals surface area contributed by atoms with Crippen molar-refractivity contribution < 1.29 is 4.74 Å². The van der Waals surface area contributed by atoms with Gasteiger partial charge in [0.25, 0.3) is 0 Å². The van der Waals surface area contributed by atoms with Crippen LogP contribution in [0.25, 0.3) is 0 Å². The molecule has 0 radical (unpaired) electrons. The van der Waals surface area contributed by atoms with Crippen LogP contribution in [0.1, 0.15) is 23.1 Å². The van der Waals surface area contributed by atoms with Crippen molar-refractivity contribution in [3.05, 3.63) is 72.1 Å². The second-order valence-electron chi connectivity index (χ2n) is 7.43. The van der Waals surface area contributed by atoms with E-state index < -0.39 is 0 Å². The van der Waals surface area contributed by atoms with Gasteiger partial charge in [-0.25, -0.2) is 4.98 Å². The number of hydrogen-bond acceptors (Lipinski definition) is 4. The minimum absolute atomic E-state index is 0.00997. The van der Waals surface area contributed by atoms with E-state index in [0.717, 1.165) is 49.9 Å². The minimum Gasteiger partial charge on any atom is -0.370 e. The molecule has 0 amide bonds. The molecule has 1 aromatic carbocycles. The van der Waals surface area contributed by atoms with E-state index in [-0.39, 0.29) is 6.10 Å². The van der Waals surface area contributed by atoms with E-state index >= 15 is 0 Å². The van der Waals surface area contributed by atoms with Crippen molar-refractivity contribution in [1.82, 2.24) is 29.5 Å². The molecule has 0 saturated carbocycles. The van der Waals surface area contributed by atoms with Crippen molar-refractivity contribution in [3.63, 3.8) is 0 Å². The predicted molar refractivity (Wildman–Crippen MR) is 116 cm³/mol. The van der Waals surface area contributed by atoms with Gasteiger partial charge in [-0.1, -0.05) is 30.3 Å². The molecule has 3 aromatic rings. The fraction of sp³-hybridized carbons (Fsp3) is 0.409. The van der Waals surface area contributed by atoms with Gasteiger partial charge < -0.3 is 19.5 Å². The second-order valence-corrected chi connectivity index (χ2v) is 7.43. The summed E-state index contributed by atoms with van der Waals surface area (Å²) in [5.74, 6) is 1.96. The SMILES string of the molecule is CN=C(NCCc1nccn1Cc1ccccc1)N1CCOC(c2cnn(C)c2)C1. The van der Waals surface area contributed by atoms with Crippen molar-refractivity contribution >= 4 is 5.96 Å². The zero-order chi connectivity index (χ0) is 20.8. The van der Waals surface area contributed by atoms with E-state index in [4.69, 9.17) is 4.74 Å². The molecule has 4 rings (SSSR count). The summed E-state index contributed by atoms with van der Waals surface area (Å²) in [6.07, 6.45) is 8.63. The smallest absolute Gasteiger partial charge is 0.193 e. The molecule has 1 unspecified atom stereocenters. The molecule has 158 valence electrons. The molecule has 1 N–H and O–H groups in total. The maximum atomic E-state index is 5.95. The van der Waals surface area contributed by atoms with Crippen LogP contribution in [0.3, 0.4) is 0 Å². The van der Waals surface area contributed by atoms with Crippen molar-refractivity contribution in [1.29, 1.82) is 0 Å².